The molecule has 3 heterocycles. The van der Waals surface area contributed by atoms with Crippen LogP contribution in [0.2, 0.25) is 0 Å². The molecule has 9 nitrogen and oxygen atoms in total. The van der Waals surface area contributed by atoms with E-state index in [9.17, 15) is 0 Å². The molecule has 2 atom stereocenters. The van der Waals surface area contributed by atoms with E-state index in [-0.39, 0.29) is 30.0 Å². The zero-order chi connectivity index (χ0) is 20.6. The second-order valence-electron chi connectivity index (χ2n) is 8.32. The summed E-state index contributed by atoms with van der Waals surface area (Å²) < 4.78 is 12.7. The molecule has 0 spiro atoms. The zero-order valence-electron chi connectivity index (χ0n) is 18.8. The molecule has 2 unspecified atom stereocenters. The maximum absolute atomic E-state index is 5.53. The third-order valence-electron chi connectivity index (χ3n) is 5.55. The van der Waals surface area contributed by atoms with Gasteiger partial charge in [0.25, 0.3) is 0 Å². The van der Waals surface area contributed by atoms with E-state index in [1.165, 1.54) is 0 Å². The van der Waals surface area contributed by atoms with E-state index in [1.54, 1.807) is 7.11 Å². The van der Waals surface area contributed by atoms with Crippen molar-refractivity contribution in [2.45, 2.75) is 58.3 Å². The Balaban J connectivity index is 0.00000320. The van der Waals surface area contributed by atoms with E-state index in [4.69, 9.17) is 9.47 Å². The highest BCUT2D eigenvalue weighted by Gasteiger charge is 2.24. The Hall–Kier alpha value is -0.980. The largest absolute Gasteiger partial charge is 0.379 e. The van der Waals surface area contributed by atoms with Crippen LogP contribution in [0.15, 0.2) is 4.99 Å². The molecule has 10 heteroatoms. The lowest BCUT2D eigenvalue weighted by atomic mass is 10.0. The van der Waals surface area contributed by atoms with Crippen molar-refractivity contribution in [1.29, 1.82) is 0 Å². The van der Waals surface area contributed by atoms with Crippen molar-refractivity contribution in [2.24, 2.45) is 10.9 Å². The Morgan fingerprint density at radius 3 is 2.77 bits per heavy atom. The third-order valence-corrected chi connectivity index (χ3v) is 5.55. The lowest BCUT2D eigenvalue weighted by Gasteiger charge is -2.36. The number of halogens is 1. The molecule has 2 aliphatic rings. The highest BCUT2D eigenvalue weighted by molar-refractivity contribution is 14.0. The molecule has 1 aromatic rings. The van der Waals surface area contributed by atoms with Crippen LogP contribution in [0.25, 0.3) is 0 Å². The van der Waals surface area contributed by atoms with Crippen LogP contribution in [0.1, 0.15) is 38.3 Å². The van der Waals surface area contributed by atoms with E-state index in [2.05, 4.69) is 44.5 Å². The van der Waals surface area contributed by atoms with Gasteiger partial charge in [-0.25, -0.2) is 9.67 Å². The Labute approximate surface area is 197 Å². The molecule has 0 bridgehead atoms. The minimum atomic E-state index is 0. The van der Waals surface area contributed by atoms with E-state index in [0.717, 1.165) is 76.3 Å². The molecule has 0 saturated carbocycles. The number of nitrogens with one attached hydrogen (secondary N) is 2. The maximum atomic E-state index is 5.53. The van der Waals surface area contributed by atoms with Crippen molar-refractivity contribution in [3.05, 3.63) is 11.6 Å². The van der Waals surface area contributed by atoms with Crippen LogP contribution in [0.5, 0.6) is 0 Å². The minimum absolute atomic E-state index is 0. The Morgan fingerprint density at radius 1 is 1.33 bits per heavy atom. The molecule has 3 rings (SSSR count). The molecule has 172 valence electrons. The van der Waals surface area contributed by atoms with E-state index < -0.39 is 0 Å². The van der Waals surface area contributed by atoms with Crippen LogP contribution < -0.4 is 10.6 Å². The van der Waals surface area contributed by atoms with E-state index in [0.29, 0.717) is 18.6 Å². The number of guanidine groups is 1. The fraction of sp³-hybridized carbons (Fsp3) is 0.850. The summed E-state index contributed by atoms with van der Waals surface area (Å²) in [6.45, 7) is 10.4. The molecule has 0 aromatic carbocycles. The zero-order valence-corrected chi connectivity index (χ0v) is 21.1. The number of methoxy groups -OCH3 is 1. The maximum Gasteiger partial charge on any atom is 0.191 e. The second-order valence-corrected chi connectivity index (χ2v) is 8.32. The van der Waals surface area contributed by atoms with E-state index in [1.807, 2.05) is 11.7 Å². The molecule has 1 aromatic heterocycles. The Kier molecular flexibility index (Phi) is 10.8. The van der Waals surface area contributed by atoms with Gasteiger partial charge in [0.2, 0.25) is 0 Å². The third kappa shape index (κ3) is 7.31. The first kappa shape index (κ1) is 25.3. The number of ether oxygens (including phenoxy) is 2. The first-order valence-corrected chi connectivity index (χ1v) is 10.8. The van der Waals surface area contributed by atoms with Gasteiger partial charge >= 0.3 is 0 Å². The van der Waals surface area contributed by atoms with Crippen molar-refractivity contribution in [3.8, 4) is 0 Å². The number of aliphatic imine (C=N–C) groups is 1. The van der Waals surface area contributed by atoms with Gasteiger partial charge in [-0.15, -0.1) is 24.0 Å². The van der Waals surface area contributed by atoms with Gasteiger partial charge in [-0.05, 0) is 18.8 Å². The average molecular weight is 535 g/mol. The number of rotatable bonds is 8. The average Bonchev–Trinajstić information content (AvgIpc) is 3.12. The number of fused-ring (bicyclic) bond motifs is 1. The Morgan fingerprint density at radius 2 is 2.10 bits per heavy atom. The normalized spacial score (nSPS) is 21.1. The lowest BCUT2D eigenvalue weighted by molar-refractivity contribution is 0.0132. The predicted molar refractivity (Wildman–Crippen MR) is 128 cm³/mol. The molecule has 2 aliphatic heterocycles. The highest BCUT2D eigenvalue weighted by atomic mass is 127. The summed E-state index contributed by atoms with van der Waals surface area (Å²) in [4.78, 5) is 11.6. The van der Waals surface area contributed by atoms with Crippen molar-refractivity contribution in [3.63, 3.8) is 0 Å². The molecule has 0 radical (unpaired) electrons. The topological polar surface area (TPSA) is 88.8 Å². The van der Waals surface area contributed by atoms with Gasteiger partial charge in [-0.1, -0.05) is 13.8 Å². The lowest BCUT2D eigenvalue weighted by Crippen LogP contribution is -2.53. The minimum Gasteiger partial charge on any atom is -0.379 e. The number of morpholine rings is 1. The van der Waals surface area contributed by atoms with Crippen molar-refractivity contribution in [2.75, 3.05) is 47.0 Å². The van der Waals surface area contributed by atoms with Gasteiger partial charge < -0.3 is 20.1 Å². The summed E-state index contributed by atoms with van der Waals surface area (Å²) in [7, 11) is 3.51. The standard InChI is InChI=1S/C20H37N7O2.HI/c1-15(2)11-17(26-7-9-29-10-8-26)12-22-20(21-3)23-16-5-6-19-24-18(14-28-4)25-27(19)13-16;/h15-17H,5-14H2,1-4H3,(H2,21,22,23);1H. The van der Waals surface area contributed by atoms with Gasteiger partial charge in [0.15, 0.2) is 11.8 Å². The fourth-order valence-corrected chi connectivity index (χ4v) is 4.12. The molecule has 1 saturated heterocycles. The van der Waals surface area contributed by atoms with Gasteiger partial charge in [0.05, 0.1) is 19.8 Å². The summed E-state index contributed by atoms with van der Waals surface area (Å²) in [5.41, 5.74) is 0. The second kappa shape index (κ2) is 12.8. The van der Waals surface area contributed by atoms with Crippen LogP contribution in [-0.4, -0.2) is 84.7 Å². The SMILES string of the molecule is CN=C(NCC(CC(C)C)N1CCOCC1)NC1CCc2nc(COC)nn2C1.I. The summed E-state index contributed by atoms with van der Waals surface area (Å²) in [5.74, 6) is 3.32. The number of nitrogens with zero attached hydrogens (tertiary/aromatic N) is 5. The number of aromatic nitrogens is 3. The number of hydrogen-bond acceptors (Lipinski definition) is 6. The fourth-order valence-electron chi connectivity index (χ4n) is 4.12. The van der Waals surface area contributed by atoms with Crippen LogP contribution in [0.4, 0.5) is 0 Å². The predicted octanol–water partition coefficient (Wildman–Crippen LogP) is 1.27. The molecule has 0 amide bonds. The number of hydrogen-bond donors (Lipinski definition) is 2. The number of aryl methyl sites for hydroxylation is 1. The summed E-state index contributed by atoms with van der Waals surface area (Å²) in [6, 6.07) is 0.778. The van der Waals surface area contributed by atoms with Crippen molar-refractivity contribution in [1.82, 2.24) is 30.3 Å². The van der Waals surface area contributed by atoms with Gasteiger partial charge in [0, 0.05) is 52.3 Å². The smallest absolute Gasteiger partial charge is 0.191 e. The first-order valence-electron chi connectivity index (χ1n) is 10.8. The van der Waals surface area contributed by atoms with Gasteiger partial charge in [-0.2, -0.15) is 5.10 Å². The quantitative estimate of drug-likeness (QED) is 0.295. The van der Waals surface area contributed by atoms with Gasteiger partial charge in [0.1, 0.15) is 12.4 Å². The first-order chi connectivity index (χ1) is 14.1. The van der Waals surface area contributed by atoms with E-state index >= 15 is 0 Å². The summed E-state index contributed by atoms with van der Waals surface area (Å²) in [6.07, 6.45) is 3.10. The van der Waals surface area contributed by atoms with Crippen LogP contribution in [0.3, 0.4) is 0 Å². The molecule has 2 N–H and O–H groups in total. The molecule has 30 heavy (non-hydrogen) atoms. The highest BCUT2D eigenvalue weighted by Crippen LogP contribution is 2.15. The Bertz CT molecular complexity index is 662. The molecular weight excluding hydrogens is 497 g/mol. The van der Waals surface area contributed by atoms with Gasteiger partial charge in [-0.3, -0.25) is 9.89 Å². The summed E-state index contributed by atoms with van der Waals surface area (Å²) >= 11 is 0. The van der Waals surface area contributed by atoms with Crippen LogP contribution in [-0.2, 0) is 29.0 Å². The molecule has 0 aliphatic carbocycles. The monoisotopic (exact) mass is 535 g/mol. The van der Waals surface area contributed by atoms with Crippen molar-refractivity contribution < 1.29 is 9.47 Å². The molecule has 1 fully saturated rings. The molecular formula is C20H38IN7O2. The van der Waals surface area contributed by atoms with Crippen molar-refractivity contribution >= 4 is 29.9 Å². The van der Waals surface area contributed by atoms with Crippen LogP contribution >= 0.6 is 24.0 Å². The summed E-state index contributed by atoms with van der Waals surface area (Å²) in [5, 5.41) is 11.7. The van der Waals surface area contributed by atoms with Crippen LogP contribution in [0, 0.1) is 5.92 Å².